The van der Waals surface area contributed by atoms with Crippen molar-refractivity contribution >= 4 is 16.8 Å². The van der Waals surface area contributed by atoms with Gasteiger partial charge in [0.1, 0.15) is 18.4 Å². The Bertz CT molecular complexity index is 872. The average molecular weight is 409 g/mol. The number of aromatic nitrogens is 1. The number of benzene rings is 1. The fraction of sp³-hybridized carbons (Fsp3) is 0.571. The number of fused-ring (bicyclic) bond motifs is 1. The molecule has 1 atom stereocenters. The highest BCUT2D eigenvalue weighted by Crippen LogP contribution is 2.31. The summed E-state index contributed by atoms with van der Waals surface area (Å²) < 4.78 is 45.7. The van der Waals surface area contributed by atoms with Crippen LogP contribution < -0.4 is 4.74 Å². The van der Waals surface area contributed by atoms with E-state index in [0.29, 0.717) is 16.7 Å². The lowest BCUT2D eigenvalue weighted by molar-refractivity contribution is -0.140. The minimum Gasteiger partial charge on any atom is -0.490 e. The monoisotopic (exact) mass is 409 g/mol. The van der Waals surface area contributed by atoms with Crippen molar-refractivity contribution in [3.63, 3.8) is 0 Å². The summed E-state index contributed by atoms with van der Waals surface area (Å²) in [4.78, 5) is 16.5. The Morgan fingerprint density at radius 1 is 1.10 bits per heavy atom. The van der Waals surface area contributed by atoms with Crippen molar-refractivity contribution in [1.29, 1.82) is 0 Å². The number of rotatable bonds is 4. The van der Waals surface area contributed by atoms with Crippen LogP contribution in [0.15, 0.2) is 30.5 Å². The number of halogens is 3. The van der Waals surface area contributed by atoms with Gasteiger partial charge >= 0.3 is 6.18 Å². The molecule has 158 valence electrons. The Labute approximate surface area is 168 Å². The molecule has 0 N–H and O–H groups in total. The molecular formula is C21H26F3N3O2. The summed E-state index contributed by atoms with van der Waals surface area (Å²) in [6.07, 6.45) is 0.722. The zero-order valence-electron chi connectivity index (χ0n) is 16.5. The third-order valence-electron chi connectivity index (χ3n) is 5.97. The molecule has 2 saturated heterocycles. The molecule has 3 heterocycles. The standard InChI is InChI=1S/C21H26F3N3O2/c1-25-10-3-5-18(20(25)28)26-11-7-15(8-12-26)29-19-6-2-4-17-16(19)9-13-27(17)14-21(22,23)24/h2,4,6,9,13,15,18H,3,5,7-8,10-12,14H2,1H3. The second-order valence-electron chi connectivity index (χ2n) is 8.02. The van der Waals surface area contributed by atoms with E-state index in [1.807, 2.05) is 18.0 Å². The van der Waals surface area contributed by atoms with Gasteiger partial charge in [0.05, 0.1) is 11.6 Å². The van der Waals surface area contributed by atoms with E-state index in [2.05, 4.69) is 4.90 Å². The highest BCUT2D eigenvalue weighted by Gasteiger charge is 2.34. The lowest BCUT2D eigenvalue weighted by atomic mass is 9.99. The Kier molecular flexibility index (Phi) is 5.46. The van der Waals surface area contributed by atoms with E-state index in [-0.39, 0.29) is 18.1 Å². The second kappa shape index (κ2) is 7.89. The molecule has 2 aliphatic heterocycles. The number of hydrogen-bond donors (Lipinski definition) is 0. The first-order valence-corrected chi connectivity index (χ1v) is 10.1. The molecule has 2 fully saturated rings. The third-order valence-corrected chi connectivity index (χ3v) is 5.97. The molecule has 1 aromatic heterocycles. The van der Waals surface area contributed by atoms with E-state index in [1.54, 1.807) is 18.2 Å². The normalized spacial score (nSPS) is 22.4. The number of likely N-dealkylation sites (N-methyl/N-ethyl adjacent to an activating group) is 1. The summed E-state index contributed by atoms with van der Waals surface area (Å²) >= 11 is 0. The van der Waals surface area contributed by atoms with Gasteiger partial charge in [-0.2, -0.15) is 13.2 Å². The van der Waals surface area contributed by atoms with Crippen LogP contribution in [-0.2, 0) is 11.3 Å². The second-order valence-corrected chi connectivity index (χ2v) is 8.02. The molecule has 1 unspecified atom stereocenters. The van der Waals surface area contributed by atoms with Gasteiger partial charge in [0.2, 0.25) is 5.91 Å². The molecule has 2 aromatic rings. The van der Waals surface area contributed by atoms with Crippen molar-refractivity contribution in [2.45, 2.75) is 50.6 Å². The summed E-state index contributed by atoms with van der Waals surface area (Å²) in [5.41, 5.74) is 0.521. The maximum absolute atomic E-state index is 12.8. The SMILES string of the molecule is CN1CCCC(N2CCC(Oc3cccc4c3ccn4CC(F)(F)F)CC2)C1=O. The van der Waals surface area contributed by atoms with E-state index < -0.39 is 12.7 Å². The first kappa shape index (κ1) is 20.1. The number of alkyl halides is 3. The molecule has 2 aliphatic rings. The molecule has 29 heavy (non-hydrogen) atoms. The van der Waals surface area contributed by atoms with Gasteiger partial charge < -0.3 is 14.2 Å². The number of amides is 1. The molecule has 5 nitrogen and oxygen atoms in total. The van der Waals surface area contributed by atoms with Crippen LogP contribution in [0.25, 0.3) is 10.9 Å². The summed E-state index contributed by atoms with van der Waals surface area (Å²) in [5.74, 6) is 0.821. The molecule has 8 heteroatoms. The number of hydrogen-bond acceptors (Lipinski definition) is 3. The smallest absolute Gasteiger partial charge is 0.406 e. The number of carbonyl (C=O) groups is 1. The van der Waals surface area contributed by atoms with Crippen molar-refractivity contribution in [2.24, 2.45) is 0 Å². The van der Waals surface area contributed by atoms with Gasteiger partial charge in [-0.3, -0.25) is 9.69 Å². The lowest BCUT2D eigenvalue weighted by Gasteiger charge is -2.40. The summed E-state index contributed by atoms with van der Waals surface area (Å²) in [5, 5.41) is 0.697. The summed E-state index contributed by atoms with van der Waals surface area (Å²) in [6, 6.07) is 6.88. The van der Waals surface area contributed by atoms with Crippen molar-refractivity contribution in [3.05, 3.63) is 30.5 Å². The predicted octanol–water partition coefficient (Wildman–Crippen LogP) is 3.67. The van der Waals surface area contributed by atoms with Crippen LogP contribution in [-0.4, -0.2) is 65.3 Å². The first-order chi connectivity index (χ1) is 13.8. The zero-order valence-corrected chi connectivity index (χ0v) is 16.5. The van der Waals surface area contributed by atoms with Crippen LogP contribution >= 0.6 is 0 Å². The Morgan fingerprint density at radius 2 is 1.86 bits per heavy atom. The Morgan fingerprint density at radius 3 is 2.59 bits per heavy atom. The van der Waals surface area contributed by atoms with Gasteiger partial charge in [-0.1, -0.05) is 6.07 Å². The number of ether oxygens (including phenoxy) is 1. The van der Waals surface area contributed by atoms with E-state index in [9.17, 15) is 18.0 Å². The van der Waals surface area contributed by atoms with Crippen LogP contribution in [0, 0.1) is 0 Å². The summed E-state index contributed by atoms with van der Waals surface area (Å²) in [6.45, 7) is 1.40. The van der Waals surface area contributed by atoms with E-state index in [0.717, 1.165) is 45.3 Å². The highest BCUT2D eigenvalue weighted by atomic mass is 19.4. The van der Waals surface area contributed by atoms with Gasteiger partial charge in [-0.05, 0) is 43.9 Å². The maximum atomic E-state index is 12.8. The third kappa shape index (κ3) is 4.37. The number of likely N-dealkylation sites (tertiary alicyclic amines) is 2. The average Bonchev–Trinajstić information content (AvgIpc) is 3.07. The minimum atomic E-state index is -4.26. The van der Waals surface area contributed by atoms with Crippen molar-refractivity contribution in [3.8, 4) is 5.75 Å². The number of piperidine rings is 2. The number of nitrogens with zero attached hydrogens (tertiary/aromatic N) is 3. The molecular weight excluding hydrogens is 383 g/mol. The van der Waals surface area contributed by atoms with E-state index in [1.165, 1.54) is 10.8 Å². The molecule has 0 bridgehead atoms. The molecule has 1 aromatic carbocycles. The Balaban J connectivity index is 1.41. The largest absolute Gasteiger partial charge is 0.490 e. The van der Waals surface area contributed by atoms with Gasteiger partial charge in [0.15, 0.2) is 0 Å². The van der Waals surface area contributed by atoms with Gasteiger partial charge in [0.25, 0.3) is 0 Å². The Hall–Kier alpha value is -2.22. The molecule has 0 radical (unpaired) electrons. The topological polar surface area (TPSA) is 37.7 Å². The van der Waals surface area contributed by atoms with Crippen LogP contribution in [0.4, 0.5) is 13.2 Å². The fourth-order valence-corrected chi connectivity index (χ4v) is 4.46. The van der Waals surface area contributed by atoms with Crippen LogP contribution in [0.3, 0.4) is 0 Å². The lowest BCUT2D eigenvalue weighted by Crippen LogP contribution is -2.54. The molecule has 0 aliphatic carbocycles. The minimum absolute atomic E-state index is 0.000705. The first-order valence-electron chi connectivity index (χ1n) is 10.1. The van der Waals surface area contributed by atoms with Crippen LogP contribution in [0.5, 0.6) is 5.75 Å². The van der Waals surface area contributed by atoms with Crippen LogP contribution in [0.1, 0.15) is 25.7 Å². The van der Waals surface area contributed by atoms with Crippen molar-refractivity contribution in [2.75, 3.05) is 26.7 Å². The maximum Gasteiger partial charge on any atom is 0.406 e. The molecule has 0 saturated carbocycles. The molecule has 1 amide bonds. The van der Waals surface area contributed by atoms with E-state index in [4.69, 9.17) is 4.74 Å². The summed E-state index contributed by atoms with van der Waals surface area (Å²) in [7, 11) is 1.86. The van der Waals surface area contributed by atoms with Crippen LogP contribution in [0.2, 0.25) is 0 Å². The predicted molar refractivity (Wildman–Crippen MR) is 104 cm³/mol. The van der Waals surface area contributed by atoms with Crippen molar-refractivity contribution in [1.82, 2.24) is 14.4 Å². The van der Waals surface area contributed by atoms with Crippen molar-refractivity contribution < 1.29 is 22.7 Å². The quantitative estimate of drug-likeness (QED) is 0.774. The van der Waals surface area contributed by atoms with E-state index >= 15 is 0 Å². The van der Waals surface area contributed by atoms with Gasteiger partial charge in [0, 0.05) is 38.3 Å². The van der Waals surface area contributed by atoms with Gasteiger partial charge in [-0.25, -0.2) is 0 Å². The zero-order chi connectivity index (χ0) is 20.6. The highest BCUT2D eigenvalue weighted by molar-refractivity contribution is 5.86. The van der Waals surface area contributed by atoms with Gasteiger partial charge in [-0.15, -0.1) is 0 Å². The molecule has 0 spiro atoms. The molecule has 4 rings (SSSR count). The number of carbonyl (C=O) groups excluding carboxylic acids is 1. The fourth-order valence-electron chi connectivity index (χ4n) is 4.46.